The highest BCUT2D eigenvalue weighted by atomic mass is 32.2. The van der Waals surface area contributed by atoms with Crippen LogP contribution >= 0.6 is 11.8 Å². The fourth-order valence-electron chi connectivity index (χ4n) is 2.84. The molecule has 0 aliphatic carbocycles. The van der Waals surface area contributed by atoms with Crippen molar-refractivity contribution in [2.45, 2.75) is 32.0 Å². The van der Waals surface area contributed by atoms with E-state index in [1.165, 1.54) is 12.1 Å². The summed E-state index contributed by atoms with van der Waals surface area (Å²) in [7, 11) is 0. The molecule has 3 aromatic rings. The second-order valence-electron chi connectivity index (χ2n) is 7.56. The molecule has 0 saturated heterocycles. The van der Waals surface area contributed by atoms with Gasteiger partial charge < -0.3 is 10.1 Å². The minimum Gasteiger partial charge on any atom is -0.483 e. The van der Waals surface area contributed by atoms with Crippen molar-refractivity contribution in [2.75, 3.05) is 12.3 Å². The van der Waals surface area contributed by atoms with Crippen LogP contribution in [-0.2, 0) is 11.4 Å². The molecule has 0 atom stereocenters. The van der Waals surface area contributed by atoms with E-state index in [2.05, 4.69) is 34.7 Å². The number of para-hydroxylation sites is 2. The Morgan fingerprint density at radius 1 is 1.09 bits per heavy atom. The van der Waals surface area contributed by atoms with Crippen molar-refractivity contribution < 1.29 is 18.7 Å². The van der Waals surface area contributed by atoms with Crippen LogP contribution in [0.15, 0.2) is 59.8 Å². The van der Waals surface area contributed by atoms with Crippen molar-refractivity contribution >= 4 is 23.7 Å². The second-order valence-corrected chi connectivity index (χ2v) is 8.51. The fourth-order valence-corrected chi connectivity index (χ4v) is 3.61. The number of aromatic nitrogens is 3. The van der Waals surface area contributed by atoms with Crippen LogP contribution in [-0.4, -0.2) is 39.0 Å². The van der Waals surface area contributed by atoms with Gasteiger partial charge in [-0.15, -0.1) is 10.2 Å². The number of amides is 3. The lowest BCUT2D eigenvalue weighted by Gasteiger charge is -2.11. The van der Waals surface area contributed by atoms with Crippen LogP contribution in [0.3, 0.4) is 0 Å². The average Bonchev–Trinajstić information content (AvgIpc) is 3.20. The van der Waals surface area contributed by atoms with E-state index < -0.39 is 17.8 Å². The van der Waals surface area contributed by atoms with Gasteiger partial charge in [-0.1, -0.05) is 55.9 Å². The van der Waals surface area contributed by atoms with E-state index in [-0.39, 0.29) is 18.1 Å². The zero-order chi connectivity index (χ0) is 23.6. The topological polar surface area (TPSA) is 98.1 Å². The number of carbonyl (C=O) groups is 2. The van der Waals surface area contributed by atoms with E-state index in [0.29, 0.717) is 23.4 Å². The highest BCUT2D eigenvalue weighted by Gasteiger charge is 2.17. The number of imide groups is 1. The molecule has 3 amide bonds. The maximum atomic E-state index is 13.9. The molecule has 3 rings (SSSR count). The van der Waals surface area contributed by atoms with Crippen molar-refractivity contribution in [1.82, 2.24) is 25.4 Å². The Kier molecular flexibility index (Phi) is 8.82. The first-order valence-electron chi connectivity index (χ1n) is 10.5. The molecule has 8 nitrogen and oxygen atoms in total. The fraction of sp³-hybridized carbons (Fsp3) is 0.304. The third kappa shape index (κ3) is 7.31. The van der Waals surface area contributed by atoms with Gasteiger partial charge in [0.25, 0.3) is 0 Å². The summed E-state index contributed by atoms with van der Waals surface area (Å²) >= 11 is 1.13. The number of carbonyl (C=O) groups excluding carboxylic acids is 2. The molecule has 10 heteroatoms. The van der Waals surface area contributed by atoms with Crippen molar-refractivity contribution in [3.8, 4) is 11.4 Å². The average molecular weight is 472 g/mol. The lowest BCUT2D eigenvalue weighted by atomic mass is 10.1. The van der Waals surface area contributed by atoms with Gasteiger partial charge in [0.1, 0.15) is 6.61 Å². The molecule has 0 spiro atoms. The lowest BCUT2D eigenvalue weighted by molar-refractivity contribution is -0.117. The number of benzene rings is 2. The normalized spacial score (nSPS) is 10.8. The molecule has 1 aromatic heterocycles. The number of nitrogens with zero attached hydrogens (tertiary/aromatic N) is 3. The quantitative estimate of drug-likeness (QED) is 0.435. The Morgan fingerprint density at radius 3 is 2.55 bits per heavy atom. The summed E-state index contributed by atoms with van der Waals surface area (Å²) in [5.41, 5.74) is 0.768. The monoisotopic (exact) mass is 471 g/mol. The molecule has 2 N–H and O–H groups in total. The molecular weight excluding hydrogens is 445 g/mol. The van der Waals surface area contributed by atoms with E-state index in [4.69, 9.17) is 4.74 Å². The first-order chi connectivity index (χ1) is 15.9. The minimum atomic E-state index is -0.523. The van der Waals surface area contributed by atoms with Crippen LogP contribution < -0.4 is 15.4 Å². The maximum absolute atomic E-state index is 13.9. The molecule has 0 aliphatic heterocycles. The number of rotatable bonds is 10. The Bertz CT molecular complexity index is 1070. The molecule has 174 valence electrons. The van der Waals surface area contributed by atoms with Crippen LogP contribution in [0, 0.1) is 11.7 Å². The van der Waals surface area contributed by atoms with Gasteiger partial charge in [-0.2, -0.15) is 0 Å². The molecule has 2 aromatic carbocycles. The Balaban J connectivity index is 1.66. The second kappa shape index (κ2) is 12.0. The van der Waals surface area contributed by atoms with E-state index in [1.54, 1.807) is 16.7 Å². The van der Waals surface area contributed by atoms with Crippen LogP contribution in [0.25, 0.3) is 5.69 Å². The van der Waals surface area contributed by atoms with Crippen LogP contribution in [0.1, 0.15) is 26.1 Å². The number of hydrogen-bond donors (Lipinski definition) is 2. The van der Waals surface area contributed by atoms with Gasteiger partial charge >= 0.3 is 6.03 Å². The third-order valence-corrected chi connectivity index (χ3v) is 5.43. The predicted molar refractivity (Wildman–Crippen MR) is 124 cm³/mol. The Hall–Kier alpha value is -3.40. The Morgan fingerprint density at radius 2 is 1.82 bits per heavy atom. The summed E-state index contributed by atoms with van der Waals surface area (Å²) in [5.74, 6) is 0.0555. The molecule has 33 heavy (non-hydrogen) atoms. The summed E-state index contributed by atoms with van der Waals surface area (Å²) in [5, 5.41) is 13.8. The number of urea groups is 1. The summed E-state index contributed by atoms with van der Waals surface area (Å²) in [4.78, 5) is 24.1. The SMILES string of the molecule is CC(C)CCNC(=O)NC(=O)CSc1nnc(COc2ccccc2F)n1-c1ccccc1. The lowest BCUT2D eigenvalue weighted by Crippen LogP contribution is -2.40. The zero-order valence-corrected chi connectivity index (χ0v) is 19.3. The molecule has 0 unspecified atom stereocenters. The Labute approximate surface area is 195 Å². The summed E-state index contributed by atoms with van der Waals surface area (Å²) < 4.78 is 21.2. The predicted octanol–water partition coefficient (Wildman–Crippen LogP) is 3.95. The maximum Gasteiger partial charge on any atom is 0.321 e. The van der Waals surface area contributed by atoms with Crippen molar-refractivity contribution in [1.29, 1.82) is 0 Å². The summed E-state index contributed by atoms with van der Waals surface area (Å²) in [6.07, 6.45) is 0.828. The smallest absolute Gasteiger partial charge is 0.321 e. The minimum absolute atomic E-state index is 0.0200. The van der Waals surface area contributed by atoms with Crippen LogP contribution in [0.2, 0.25) is 0 Å². The van der Waals surface area contributed by atoms with E-state index in [0.717, 1.165) is 23.9 Å². The van der Waals surface area contributed by atoms with Crippen molar-refractivity contribution in [3.05, 3.63) is 66.2 Å². The van der Waals surface area contributed by atoms with Gasteiger partial charge in [0.05, 0.1) is 5.75 Å². The van der Waals surface area contributed by atoms with Crippen molar-refractivity contribution in [2.24, 2.45) is 5.92 Å². The van der Waals surface area contributed by atoms with E-state index in [9.17, 15) is 14.0 Å². The largest absolute Gasteiger partial charge is 0.483 e. The number of halogens is 1. The highest BCUT2D eigenvalue weighted by molar-refractivity contribution is 7.99. The van der Waals surface area contributed by atoms with E-state index >= 15 is 0 Å². The van der Waals surface area contributed by atoms with Gasteiger partial charge in [0.2, 0.25) is 5.91 Å². The molecule has 0 fully saturated rings. The molecule has 1 heterocycles. The summed E-state index contributed by atoms with van der Waals surface area (Å²) in [6.45, 7) is 4.59. The molecule has 0 radical (unpaired) electrons. The van der Waals surface area contributed by atoms with Crippen LogP contribution in [0.4, 0.5) is 9.18 Å². The molecular formula is C23H26FN5O3S. The summed E-state index contributed by atoms with van der Waals surface area (Å²) in [6, 6.07) is 14.9. The number of nitrogens with one attached hydrogen (secondary N) is 2. The van der Waals surface area contributed by atoms with E-state index in [1.807, 2.05) is 30.3 Å². The van der Waals surface area contributed by atoms with Gasteiger partial charge in [-0.05, 0) is 36.6 Å². The zero-order valence-electron chi connectivity index (χ0n) is 18.5. The van der Waals surface area contributed by atoms with Gasteiger partial charge in [-0.25, -0.2) is 9.18 Å². The number of ether oxygens (including phenoxy) is 1. The molecule has 0 saturated carbocycles. The highest BCUT2D eigenvalue weighted by Crippen LogP contribution is 2.23. The van der Waals surface area contributed by atoms with Gasteiger partial charge in [-0.3, -0.25) is 14.7 Å². The standard InChI is InChI=1S/C23H26FN5O3S/c1-16(2)12-13-25-22(31)26-21(30)15-33-23-28-27-20(29(23)17-8-4-3-5-9-17)14-32-19-11-7-6-10-18(19)24/h3-11,16H,12-15H2,1-2H3,(H2,25,26,30,31). The van der Waals surface area contributed by atoms with Crippen molar-refractivity contribution in [3.63, 3.8) is 0 Å². The third-order valence-electron chi connectivity index (χ3n) is 4.50. The first-order valence-corrected chi connectivity index (χ1v) is 11.5. The van der Waals surface area contributed by atoms with Gasteiger partial charge in [0, 0.05) is 12.2 Å². The number of thioether (sulfide) groups is 1. The molecule has 0 bridgehead atoms. The van der Waals surface area contributed by atoms with Gasteiger partial charge in [0.15, 0.2) is 22.5 Å². The first kappa shape index (κ1) is 24.2. The molecule has 0 aliphatic rings. The number of hydrogen-bond acceptors (Lipinski definition) is 6. The van der Waals surface area contributed by atoms with Crippen LogP contribution in [0.5, 0.6) is 5.75 Å².